The third kappa shape index (κ3) is 3.17. The summed E-state index contributed by atoms with van der Waals surface area (Å²) in [5.41, 5.74) is 1.08. The van der Waals surface area contributed by atoms with Crippen molar-refractivity contribution in [3.05, 3.63) is 27.3 Å². The molecule has 0 atom stereocenters. The van der Waals surface area contributed by atoms with Crippen LogP contribution in [0.25, 0.3) is 0 Å². The van der Waals surface area contributed by atoms with E-state index in [9.17, 15) is 4.79 Å². The number of nitrogens with zero attached hydrogens (tertiary/aromatic N) is 4. The molecule has 0 aliphatic heterocycles. The first kappa shape index (κ1) is 15.1. The molecule has 0 unspecified atom stereocenters. The Labute approximate surface area is 132 Å². The molecule has 0 aromatic carbocycles. The number of aryl methyl sites for hydroxylation is 2. The molecule has 2 aromatic rings. The number of carbonyl (C=O) groups excluding carboxylic acids is 1. The molecule has 7 nitrogen and oxygen atoms in total. The average Bonchev–Trinajstić information content (AvgIpc) is 3.19. The molecule has 0 saturated heterocycles. The van der Waals surface area contributed by atoms with Gasteiger partial charge in [0.15, 0.2) is 10.8 Å². The average molecular weight is 322 g/mol. The zero-order valence-electron chi connectivity index (χ0n) is 12.7. The lowest BCUT2D eigenvalue weighted by molar-refractivity contribution is 0.0769. The highest BCUT2D eigenvalue weighted by molar-refractivity contribution is 7.13. The molecule has 0 N–H and O–H groups in total. The fraction of sp³-hybridized carbons (Fsp3) is 0.571. The quantitative estimate of drug-likeness (QED) is 0.801. The van der Waals surface area contributed by atoms with Crippen molar-refractivity contribution >= 4 is 17.2 Å². The maximum Gasteiger partial charge on any atom is 0.283 e. The third-order valence-electron chi connectivity index (χ3n) is 3.54. The first-order valence-electron chi connectivity index (χ1n) is 7.22. The molecule has 1 aliphatic carbocycles. The Kier molecular flexibility index (Phi) is 4.49. The van der Waals surface area contributed by atoms with E-state index in [-0.39, 0.29) is 12.5 Å². The maximum atomic E-state index is 12.4. The summed E-state index contributed by atoms with van der Waals surface area (Å²) < 4.78 is 10.1. The van der Waals surface area contributed by atoms with Crippen molar-refractivity contribution in [2.24, 2.45) is 0 Å². The van der Waals surface area contributed by atoms with E-state index in [1.165, 1.54) is 16.2 Å². The summed E-state index contributed by atoms with van der Waals surface area (Å²) in [5, 5.41) is 4.41. The highest BCUT2D eigenvalue weighted by Crippen LogP contribution is 2.28. The zero-order valence-corrected chi connectivity index (χ0v) is 13.5. The van der Waals surface area contributed by atoms with E-state index in [4.69, 9.17) is 9.26 Å². The summed E-state index contributed by atoms with van der Waals surface area (Å²) in [7, 11) is 3.34. The number of amides is 1. The largest absolute Gasteiger partial charge is 0.384 e. The van der Waals surface area contributed by atoms with Crippen molar-refractivity contribution in [2.45, 2.75) is 32.2 Å². The molecule has 1 aliphatic rings. The van der Waals surface area contributed by atoms with Crippen LogP contribution in [0.1, 0.15) is 38.5 Å². The fourth-order valence-corrected chi connectivity index (χ4v) is 3.51. The molecule has 22 heavy (non-hydrogen) atoms. The number of fused-ring (bicyclic) bond motifs is 1. The minimum absolute atomic E-state index is 0.101. The highest BCUT2D eigenvalue weighted by atomic mass is 32.1. The van der Waals surface area contributed by atoms with Gasteiger partial charge in [-0.05, 0) is 19.3 Å². The molecule has 3 rings (SSSR count). The molecule has 0 fully saturated rings. The van der Waals surface area contributed by atoms with Gasteiger partial charge >= 0.3 is 0 Å². The van der Waals surface area contributed by atoms with Crippen molar-refractivity contribution in [3.63, 3.8) is 0 Å². The second kappa shape index (κ2) is 6.53. The summed E-state index contributed by atoms with van der Waals surface area (Å²) in [6.45, 7) is 0.821. The molecule has 2 aromatic heterocycles. The predicted octanol–water partition coefficient (Wildman–Crippen LogP) is 1.48. The monoisotopic (exact) mass is 322 g/mol. The lowest BCUT2D eigenvalue weighted by Crippen LogP contribution is -2.26. The van der Waals surface area contributed by atoms with Crippen LogP contribution in [0, 0.1) is 0 Å². The van der Waals surface area contributed by atoms with Gasteiger partial charge in [0.1, 0.15) is 6.54 Å². The van der Waals surface area contributed by atoms with Crippen molar-refractivity contribution < 1.29 is 14.1 Å². The van der Waals surface area contributed by atoms with Crippen LogP contribution < -0.4 is 0 Å². The second-order valence-electron chi connectivity index (χ2n) is 5.25. The molecule has 0 radical (unpaired) electrons. The van der Waals surface area contributed by atoms with Gasteiger partial charge < -0.3 is 14.2 Å². The van der Waals surface area contributed by atoms with Gasteiger partial charge in [0, 0.05) is 25.5 Å². The fourth-order valence-electron chi connectivity index (χ4n) is 2.37. The Morgan fingerprint density at radius 1 is 1.41 bits per heavy atom. The van der Waals surface area contributed by atoms with Crippen molar-refractivity contribution in [1.29, 1.82) is 0 Å². The third-order valence-corrected chi connectivity index (χ3v) is 4.68. The molecule has 0 bridgehead atoms. The lowest BCUT2D eigenvalue weighted by Gasteiger charge is -2.12. The molecular formula is C14H18N4O3S. The summed E-state index contributed by atoms with van der Waals surface area (Å²) in [5.74, 6) is 0.910. The SMILES string of the molecule is COCCc1noc(CN(C)C(=O)c2nc3c(s2)CCC3)n1. The van der Waals surface area contributed by atoms with Crippen LogP contribution in [0.4, 0.5) is 0 Å². The minimum Gasteiger partial charge on any atom is -0.384 e. The lowest BCUT2D eigenvalue weighted by atomic mass is 10.4. The zero-order chi connectivity index (χ0) is 15.5. The number of thiazole rings is 1. The smallest absolute Gasteiger partial charge is 0.283 e. The number of methoxy groups -OCH3 is 1. The number of rotatable bonds is 6. The Morgan fingerprint density at radius 3 is 3.05 bits per heavy atom. The minimum atomic E-state index is -0.101. The highest BCUT2D eigenvalue weighted by Gasteiger charge is 2.23. The topological polar surface area (TPSA) is 81.4 Å². The van der Waals surface area contributed by atoms with Crippen LogP contribution >= 0.6 is 11.3 Å². The van der Waals surface area contributed by atoms with Crippen LogP contribution in [-0.4, -0.2) is 46.7 Å². The van der Waals surface area contributed by atoms with E-state index in [2.05, 4.69) is 15.1 Å². The summed E-state index contributed by atoms with van der Waals surface area (Å²) in [4.78, 5) is 23.9. The van der Waals surface area contributed by atoms with Gasteiger partial charge in [0.2, 0.25) is 5.89 Å². The predicted molar refractivity (Wildman–Crippen MR) is 79.8 cm³/mol. The van der Waals surface area contributed by atoms with Gasteiger partial charge in [-0.1, -0.05) is 5.16 Å². The number of aromatic nitrogens is 3. The molecule has 2 heterocycles. The first-order valence-corrected chi connectivity index (χ1v) is 8.03. The van der Waals surface area contributed by atoms with Gasteiger partial charge in [0.05, 0.1) is 12.3 Å². The number of hydrogen-bond donors (Lipinski definition) is 0. The summed E-state index contributed by atoms with van der Waals surface area (Å²) in [6.07, 6.45) is 3.76. The van der Waals surface area contributed by atoms with Gasteiger partial charge in [-0.2, -0.15) is 4.98 Å². The van der Waals surface area contributed by atoms with E-state index in [0.29, 0.717) is 29.8 Å². The first-order chi connectivity index (χ1) is 10.7. The number of ether oxygens (including phenoxy) is 1. The Morgan fingerprint density at radius 2 is 2.27 bits per heavy atom. The van der Waals surface area contributed by atoms with E-state index in [0.717, 1.165) is 25.0 Å². The second-order valence-corrected chi connectivity index (χ2v) is 6.33. The summed E-state index contributed by atoms with van der Waals surface area (Å²) >= 11 is 1.50. The van der Waals surface area contributed by atoms with Gasteiger partial charge in [-0.3, -0.25) is 4.79 Å². The molecule has 0 saturated carbocycles. The number of carbonyl (C=O) groups is 1. The van der Waals surface area contributed by atoms with Crippen LogP contribution in [0.2, 0.25) is 0 Å². The van der Waals surface area contributed by atoms with Crippen LogP contribution in [-0.2, 0) is 30.5 Å². The van der Waals surface area contributed by atoms with E-state index in [1.54, 1.807) is 19.1 Å². The van der Waals surface area contributed by atoms with E-state index in [1.807, 2.05) is 0 Å². The molecular weight excluding hydrogens is 304 g/mol. The Hall–Kier alpha value is -1.80. The van der Waals surface area contributed by atoms with Gasteiger partial charge in [-0.15, -0.1) is 11.3 Å². The molecule has 118 valence electrons. The molecule has 8 heteroatoms. The van der Waals surface area contributed by atoms with E-state index >= 15 is 0 Å². The molecule has 0 spiro atoms. The normalized spacial score (nSPS) is 13.4. The number of hydrogen-bond acceptors (Lipinski definition) is 7. The van der Waals surface area contributed by atoms with Crippen molar-refractivity contribution in [1.82, 2.24) is 20.0 Å². The van der Waals surface area contributed by atoms with E-state index < -0.39 is 0 Å². The van der Waals surface area contributed by atoms with Crippen molar-refractivity contribution in [2.75, 3.05) is 20.8 Å². The standard InChI is InChI=1S/C14H18N4O3S/c1-18(8-12-16-11(17-21-12)6-7-20-2)14(19)13-15-9-4-3-5-10(9)22-13/h3-8H2,1-2H3. The van der Waals surface area contributed by atoms with Gasteiger partial charge in [-0.25, -0.2) is 4.98 Å². The van der Waals surface area contributed by atoms with Crippen LogP contribution in [0.15, 0.2) is 4.52 Å². The van der Waals surface area contributed by atoms with Crippen molar-refractivity contribution in [3.8, 4) is 0 Å². The summed E-state index contributed by atoms with van der Waals surface area (Å²) in [6, 6.07) is 0. The molecule has 1 amide bonds. The van der Waals surface area contributed by atoms with Gasteiger partial charge in [0.25, 0.3) is 5.91 Å². The Bertz CT molecular complexity index is 645. The van der Waals surface area contributed by atoms with Crippen LogP contribution in [0.5, 0.6) is 0 Å². The van der Waals surface area contributed by atoms with Crippen LogP contribution in [0.3, 0.4) is 0 Å². The maximum absolute atomic E-state index is 12.4. The Balaban J connectivity index is 1.61.